The molecule has 1 saturated carbocycles. The van der Waals surface area contributed by atoms with Gasteiger partial charge in [0.1, 0.15) is 6.26 Å². The smallest absolute Gasteiger partial charge is 0.124 e. The summed E-state index contributed by atoms with van der Waals surface area (Å²) in [7, 11) is 0. The number of hydrogen-bond donors (Lipinski definition) is 1. The molecule has 1 aromatic rings. The van der Waals surface area contributed by atoms with Crippen molar-refractivity contribution in [2.45, 2.75) is 39.3 Å². The largest absolute Gasteiger partial charge is 0.364 e. The van der Waals surface area contributed by atoms with Gasteiger partial charge in [-0.1, -0.05) is 19.0 Å². The van der Waals surface area contributed by atoms with Gasteiger partial charge in [-0.3, -0.25) is 0 Å². The van der Waals surface area contributed by atoms with Gasteiger partial charge in [-0.25, -0.2) is 0 Å². The summed E-state index contributed by atoms with van der Waals surface area (Å²) in [6.45, 7) is 5.43. The van der Waals surface area contributed by atoms with E-state index in [0.29, 0.717) is 11.5 Å². The van der Waals surface area contributed by atoms with Crippen molar-refractivity contribution in [2.75, 3.05) is 0 Å². The first-order chi connectivity index (χ1) is 6.18. The van der Waals surface area contributed by atoms with Crippen molar-refractivity contribution in [3.8, 4) is 0 Å². The van der Waals surface area contributed by atoms with Crippen molar-refractivity contribution in [1.82, 2.24) is 10.5 Å². The maximum absolute atomic E-state index is 4.76. The molecule has 1 aliphatic carbocycles. The van der Waals surface area contributed by atoms with E-state index in [9.17, 15) is 0 Å². The molecule has 3 nitrogen and oxygen atoms in total. The molecule has 1 heterocycles. The maximum atomic E-state index is 4.76. The third kappa shape index (κ3) is 1.75. The molecule has 0 bridgehead atoms. The van der Waals surface area contributed by atoms with Crippen molar-refractivity contribution in [1.29, 1.82) is 0 Å². The average Bonchev–Trinajstić information content (AvgIpc) is 2.55. The first-order valence-corrected chi connectivity index (χ1v) is 4.81. The zero-order valence-corrected chi connectivity index (χ0v) is 8.21. The fourth-order valence-corrected chi connectivity index (χ4v) is 1.80. The highest BCUT2D eigenvalue weighted by molar-refractivity contribution is 4.99. The molecule has 1 N–H and O–H groups in total. The Morgan fingerprint density at radius 2 is 2.54 bits per heavy atom. The Bertz CT molecular complexity index is 266. The van der Waals surface area contributed by atoms with Crippen LogP contribution in [0.4, 0.5) is 0 Å². The van der Waals surface area contributed by atoms with Crippen LogP contribution in [-0.4, -0.2) is 11.2 Å². The summed E-state index contributed by atoms with van der Waals surface area (Å²) in [6, 6.07) is 2.54. The van der Waals surface area contributed by atoms with Crippen LogP contribution in [0.1, 0.15) is 32.4 Å². The topological polar surface area (TPSA) is 38.1 Å². The number of nitrogens with zero attached hydrogens (tertiary/aromatic N) is 1. The first-order valence-electron chi connectivity index (χ1n) is 4.81. The van der Waals surface area contributed by atoms with E-state index in [4.69, 9.17) is 4.52 Å². The lowest BCUT2D eigenvalue weighted by Crippen LogP contribution is -2.49. The summed E-state index contributed by atoms with van der Waals surface area (Å²) in [5, 5.41) is 7.35. The molecule has 1 unspecified atom stereocenters. The molecule has 0 saturated heterocycles. The third-order valence-electron chi connectivity index (χ3n) is 3.04. The molecule has 0 radical (unpaired) electrons. The van der Waals surface area contributed by atoms with Gasteiger partial charge in [-0.15, -0.1) is 0 Å². The van der Waals surface area contributed by atoms with Gasteiger partial charge in [0.15, 0.2) is 0 Å². The first kappa shape index (κ1) is 8.75. The lowest BCUT2D eigenvalue weighted by molar-refractivity contribution is 0.107. The summed E-state index contributed by atoms with van der Waals surface area (Å²) < 4.78 is 4.76. The van der Waals surface area contributed by atoms with Crippen LogP contribution in [0.25, 0.3) is 0 Å². The number of hydrogen-bond acceptors (Lipinski definition) is 3. The highest BCUT2D eigenvalue weighted by Crippen LogP contribution is 2.39. The van der Waals surface area contributed by atoms with Gasteiger partial charge in [-0.05, 0) is 18.3 Å². The molecule has 0 aromatic carbocycles. The van der Waals surface area contributed by atoms with Crippen molar-refractivity contribution < 1.29 is 4.52 Å². The lowest BCUT2D eigenvalue weighted by Gasteiger charge is -2.45. The van der Waals surface area contributed by atoms with Gasteiger partial charge in [0.25, 0.3) is 0 Å². The van der Waals surface area contributed by atoms with Gasteiger partial charge >= 0.3 is 0 Å². The molecule has 0 aliphatic heterocycles. The Kier molecular flexibility index (Phi) is 2.12. The van der Waals surface area contributed by atoms with Gasteiger partial charge in [-0.2, -0.15) is 0 Å². The minimum absolute atomic E-state index is 0.462. The fourth-order valence-electron chi connectivity index (χ4n) is 1.80. The van der Waals surface area contributed by atoms with Gasteiger partial charge in [0, 0.05) is 18.7 Å². The van der Waals surface area contributed by atoms with E-state index < -0.39 is 0 Å². The second-order valence-corrected chi connectivity index (χ2v) is 4.45. The average molecular weight is 180 g/mol. The van der Waals surface area contributed by atoms with Crippen LogP contribution < -0.4 is 5.32 Å². The van der Waals surface area contributed by atoms with E-state index in [0.717, 1.165) is 12.2 Å². The summed E-state index contributed by atoms with van der Waals surface area (Å²) in [5.74, 6) is 0. The van der Waals surface area contributed by atoms with Crippen LogP contribution >= 0.6 is 0 Å². The Hall–Kier alpha value is -0.830. The predicted octanol–water partition coefficient (Wildman–Crippen LogP) is 1.95. The molecule has 72 valence electrons. The molecule has 3 heteroatoms. The van der Waals surface area contributed by atoms with Crippen LogP contribution in [0.15, 0.2) is 16.9 Å². The Balaban J connectivity index is 1.81. The van der Waals surface area contributed by atoms with E-state index in [2.05, 4.69) is 24.3 Å². The van der Waals surface area contributed by atoms with Crippen molar-refractivity contribution in [2.24, 2.45) is 5.41 Å². The SMILES string of the molecule is CC1(C)CCC1NCc1ccon1. The molecule has 13 heavy (non-hydrogen) atoms. The molecule has 0 spiro atoms. The van der Waals surface area contributed by atoms with E-state index in [1.807, 2.05) is 6.07 Å². The van der Waals surface area contributed by atoms with Crippen molar-refractivity contribution >= 4 is 0 Å². The van der Waals surface area contributed by atoms with E-state index >= 15 is 0 Å². The second kappa shape index (κ2) is 3.14. The number of aromatic nitrogens is 1. The zero-order valence-electron chi connectivity index (χ0n) is 8.21. The Morgan fingerprint density at radius 3 is 3.00 bits per heavy atom. The highest BCUT2D eigenvalue weighted by atomic mass is 16.5. The lowest BCUT2D eigenvalue weighted by atomic mass is 9.67. The van der Waals surface area contributed by atoms with E-state index in [1.165, 1.54) is 12.8 Å². The van der Waals surface area contributed by atoms with Crippen LogP contribution in [-0.2, 0) is 6.54 Å². The minimum Gasteiger partial charge on any atom is -0.364 e. The standard InChI is InChI=1S/C10H16N2O/c1-10(2)5-3-9(10)11-7-8-4-6-13-12-8/h4,6,9,11H,3,5,7H2,1-2H3. The Labute approximate surface area is 78.5 Å². The number of nitrogens with one attached hydrogen (secondary N) is 1. The maximum Gasteiger partial charge on any atom is 0.124 e. The summed E-state index contributed by atoms with van der Waals surface area (Å²) in [6.07, 6.45) is 4.22. The predicted molar refractivity (Wildman–Crippen MR) is 50.1 cm³/mol. The normalized spacial score (nSPS) is 25.5. The molecule has 2 rings (SSSR count). The Morgan fingerprint density at radius 1 is 1.69 bits per heavy atom. The second-order valence-electron chi connectivity index (χ2n) is 4.45. The molecule has 1 aromatic heterocycles. The van der Waals surface area contributed by atoms with Gasteiger partial charge in [0.2, 0.25) is 0 Å². The van der Waals surface area contributed by atoms with Crippen LogP contribution in [0, 0.1) is 5.41 Å². The van der Waals surface area contributed by atoms with Gasteiger partial charge < -0.3 is 9.84 Å². The van der Waals surface area contributed by atoms with Gasteiger partial charge in [0.05, 0.1) is 5.69 Å². The quantitative estimate of drug-likeness (QED) is 0.772. The van der Waals surface area contributed by atoms with Crippen molar-refractivity contribution in [3.63, 3.8) is 0 Å². The number of rotatable bonds is 3. The zero-order chi connectivity index (χ0) is 9.31. The molecule has 1 fully saturated rings. The fraction of sp³-hybridized carbons (Fsp3) is 0.700. The van der Waals surface area contributed by atoms with E-state index in [1.54, 1.807) is 6.26 Å². The van der Waals surface area contributed by atoms with Crippen LogP contribution in [0.2, 0.25) is 0 Å². The van der Waals surface area contributed by atoms with Crippen LogP contribution in [0.3, 0.4) is 0 Å². The summed E-state index contributed by atoms with van der Waals surface area (Å²) >= 11 is 0. The van der Waals surface area contributed by atoms with E-state index in [-0.39, 0.29) is 0 Å². The minimum atomic E-state index is 0.462. The van der Waals surface area contributed by atoms with Crippen LogP contribution in [0.5, 0.6) is 0 Å². The molecular weight excluding hydrogens is 164 g/mol. The summed E-state index contributed by atoms with van der Waals surface area (Å²) in [4.78, 5) is 0. The molecule has 1 aliphatic rings. The third-order valence-corrected chi connectivity index (χ3v) is 3.04. The highest BCUT2D eigenvalue weighted by Gasteiger charge is 2.37. The van der Waals surface area contributed by atoms with Crippen molar-refractivity contribution in [3.05, 3.63) is 18.0 Å². The molecule has 1 atom stereocenters. The monoisotopic (exact) mass is 180 g/mol. The summed E-state index contributed by atoms with van der Waals surface area (Å²) in [5.41, 5.74) is 1.45. The molecule has 0 amide bonds. The molecular formula is C10H16N2O.